The van der Waals surface area contributed by atoms with E-state index in [0.29, 0.717) is 12.1 Å². The molecule has 1 aromatic rings. The molecule has 1 heterocycles. The summed E-state index contributed by atoms with van der Waals surface area (Å²) in [5, 5.41) is 3.36. The van der Waals surface area contributed by atoms with E-state index in [4.69, 9.17) is 4.74 Å². The zero-order valence-corrected chi connectivity index (χ0v) is 11.8. The zero-order chi connectivity index (χ0) is 13.0. The molecule has 18 heavy (non-hydrogen) atoms. The van der Waals surface area contributed by atoms with Gasteiger partial charge in [0.2, 0.25) is 0 Å². The third-order valence-corrected chi connectivity index (χ3v) is 3.94. The Morgan fingerprint density at radius 1 is 1.44 bits per heavy atom. The molecule has 1 aliphatic heterocycles. The van der Waals surface area contributed by atoms with Crippen molar-refractivity contribution in [1.29, 1.82) is 0 Å². The number of ether oxygens (including phenoxy) is 1. The lowest BCUT2D eigenvalue weighted by atomic mass is 10.0. The largest absolute Gasteiger partial charge is 0.490 e. The van der Waals surface area contributed by atoms with Crippen LogP contribution < -0.4 is 10.1 Å². The SMILES string of the molecule is CCC(CCCC1Cc2cc(C)ccc2O1)NC. The van der Waals surface area contributed by atoms with Gasteiger partial charge in [-0.1, -0.05) is 24.6 Å². The Morgan fingerprint density at radius 2 is 2.28 bits per heavy atom. The van der Waals surface area contributed by atoms with Crippen LogP contribution in [0.25, 0.3) is 0 Å². The second kappa shape index (κ2) is 6.24. The lowest BCUT2D eigenvalue weighted by Gasteiger charge is -2.15. The van der Waals surface area contributed by atoms with Crippen molar-refractivity contribution in [2.75, 3.05) is 7.05 Å². The van der Waals surface area contributed by atoms with Crippen LogP contribution in [0.2, 0.25) is 0 Å². The monoisotopic (exact) mass is 247 g/mol. The molecule has 0 fully saturated rings. The molecule has 1 N–H and O–H groups in total. The average molecular weight is 247 g/mol. The first kappa shape index (κ1) is 13.4. The second-order valence-corrected chi connectivity index (χ2v) is 5.38. The number of nitrogens with one attached hydrogen (secondary N) is 1. The van der Waals surface area contributed by atoms with Crippen molar-refractivity contribution in [2.24, 2.45) is 0 Å². The molecule has 2 atom stereocenters. The summed E-state index contributed by atoms with van der Waals surface area (Å²) in [7, 11) is 2.05. The van der Waals surface area contributed by atoms with Crippen LogP contribution in [0.1, 0.15) is 43.7 Å². The predicted molar refractivity (Wildman–Crippen MR) is 76.3 cm³/mol. The van der Waals surface area contributed by atoms with Gasteiger partial charge in [0.15, 0.2) is 0 Å². The lowest BCUT2D eigenvalue weighted by molar-refractivity contribution is 0.214. The van der Waals surface area contributed by atoms with Gasteiger partial charge in [-0.2, -0.15) is 0 Å². The van der Waals surface area contributed by atoms with Crippen LogP contribution in [0, 0.1) is 6.92 Å². The van der Waals surface area contributed by atoms with E-state index < -0.39 is 0 Å². The minimum Gasteiger partial charge on any atom is -0.490 e. The Bertz CT molecular complexity index is 385. The van der Waals surface area contributed by atoms with E-state index in [1.165, 1.54) is 36.8 Å². The van der Waals surface area contributed by atoms with E-state index in [0.717, 1.165) is 12.2 Å². The number of hydrogen-bond acceptors (Lipinski definition) is 2. The number of fused-ring (bicyclic) bond motifs is 1. The highest BCUT2D eigenvalue weighted by Crippen LogP contribution is 2.31. The van der Waals surface area contributed by atoms with E-state index in [1.807, 2.05) is 0 Å². The highest BCUT2D eigenvalue weighted by molar-refractivity contribution is 5.40. The van der Waals surface area contributed by atoms with Crippen LogP contribution in [0.3, 0.4) is 0 Å². The minimum atomic E-state index is 0.399. The summed E-state index contributed by atoms with van der Waals surface area (Å²) in [4.78, 5) is 0. The molecule has 0 saturated heterocycles. The van der Waals surface area contributed by atoms with Crippen LogP contribution in [0.4, 0.5) is 0 Å². The van der Waals surface area contributed by atoms with E-state index >= 15 is 0 Å². The van der Waals surface area contributed by atoms with Crippen molar-refractivity contribution in [1.82, 2.24) is 5.32 Å². The van der Waals surface area contributed by atoms with Crippen LogP contribution >= 0.6 is 0 Å². The highest BCUT2D eigenvalue weighted by atomic mass is 16.5. The molecule has 1 aromatic carbocycles. The van der Waals surface area contributed by atoms with Crippen molar-refractivity contribution in [3.8, 4) is 5.75 Å². The summed E-state index contributed by atoms with van der Waals surface area (Å²) < 4.78 is 5.99. The molecule has 0 saturated carbocycles. The third-order valence-electron chi connectivity index (χ3n) is 3.94. The smallest absolute Gasteiger partial charge is 0.123 e. The molecule has 2 nitrogen and oxygen atoms in total. The van der Waals surface area contributed by atoms with Gasteiger partial charge in [-0.05, 0) is 51.3 Å². The Labute approximate surface area is 111 Å². The first-order chi connectivity index (χ1) is 8.72. The quantitative estimate of drug-likeness (QED) is 0.831. The van der Waals surface area contributed by atoms with Gasteiger partial charge in [-0.15, -0.1) is 0 Å². The van der Waals surface area contributed by atoms with Gasteiger partial charge in [0.1, 0.15) is 11.9 Å². The summed E-state index contributed by atoms with van der Waals surface area (Å²) in [6, 6.07) is 7.18. The molecule has 2 unspecified atom stereocenters. The van der Waals surface area contributed by atoms with Gasteiger partial charge in [0, 0.05) is 12.5 Å². The van der Waals surface area contributed by atoms with Gasteiger partial charge >= 0.3 is 0 Å². The van der Waals surface area contributed by atoms with Crippen LogP contribution in [0.5, 0.6) is 5.75 Å². The first-order valence-electron chi connectivity index (χ1n) is 7.16. The van der Waals surface area contributed by atoms with E-state index in [1.54, 1.807) is 0 Å². The first-order valence-corrected chi connectivity index (χ1v) is 7.16. The number of benzene rings is 1. The van der Waals surface area contributed by atoms with E-state index in [-0.39, 0.29) is 0 Å². The standard InChI is InChI=1S/C16H25NO/c1-4-14(17-3)6-5-7-15-11-13-10-12(2)8-9-16(13)18-15/h8-10,14-15,17H,4-7,11H2,1-3H3. The van der Waals surface area contributed by atoms with Crippen LogP contribution in [0.15, 0.2) is 18.2 Å². The minimum absolute atomic E-state index is 0.399. The van der Waals surface area contributed by atoms with Crippen molar-refractivity contribution in [3.63, 3.8) is 0 Å². The maximum Gasteiger partial charge on any atom is 0.123 e. The van der Waals surface area contributed by atoms with E-state index in [2.05, 4.69) is 44.4 Å². The Kier molecular flexibility index (Phi) is 4.65. The third kappa shape index (κ3) is 3.26. The Balaban J connectivity index is 1.78. The predicted octanol–water partition coefficient (Wildman–Crippen LogP) is 3.47. The van der Waals surface area contributed by atoms with Gasteiger partial charge < -0.3 is 10.1 Å². The van der Waals surface area contributed by atoms with E-state index in [9.17, 15) is 0 Å². The second-order valence-electron chi connectivity index (χ2n) is 5.38. The normalized spacial score (nSPS) is 19.4. The molecule has 0 aromatic heterocycles. The summed E-state index contributed by atoms with van der Waals surface area (Å²) in [6.07, 6.45) is 6.37. The van der Waals surface area contributed by atoms with Gasteiger partial charge in [0.25, 0.3) is 0 Å². The van der Waals surface area contributed by atoms with Crippen molar-refractivity contribution in [2.45, 2.75) is 58.1 Å². The molecule has 0 bridgehead atoms. The van der Waals surface area contributed by atoms with Crippen LogP contribution in [-0.2, 0) is 6.42 Å². The summed E-state index contributed by atoms with van der Waals surface area (Å²) in [5.74, 6) is 1.10. The fraction of sp³-hybridized carbons (Fsp3) is 0.625. The maximum atomic E-state index is 5.99. The van der Waals surface area contributed by atoms with Gasteiger partial charge in [-0.3, -0.25) is 0 Å². The number of aryl methyl sites for hydroxylation is 1. The molecule has 0 amide bonds. The summed E-state index contributed by atoms with van der Waals surface area (Å²) in [5.41, 5.74) is 2.72. The topological polar surface area (TPSA) is 21.3 Å². The fourth-order valence-electron chi connectivity index (χ4n) is 2.75. The Morgan fingerprint density at radius 3 is 3.00 bits per heavy atom. The van der Waals surface area contributed by atoms with Crippen molar-refractivity contribution < 1.29 is 4.74 Å². The molecule has 100 valence electrons. The molecule has 0 aliphatic carbocycles. The van der Waals surface area contributed by atoms with Crippen LogP contribution in [-0.4, -0.2) is 19.2 Å². The molecule has 0 radical (unpaired) electrons. The fourth-order valence-corrected chi connectivity index (χ4v) is 2.75. The molecular formula is C16H25NO. The van der Waals surface area contributed by atoms with Gasteiger partial charge in [-0.25, -0.2) is 0 Å². The van der Waals surface area contributed by atoms with Crippen molar-refractivity contribution in [3.05, 3.63) is 29.3 Å². The highest BCUT2D eigenvalue weighted by Gasteiger charge is 2.22. The summed E-state index contributed by atoms with van der Waals surface area (Å²) in [6.45, 7) is 4.39. The summed E-state index contributed by atoms with van der Waals surface area (Å²) >= 11 is 0. The number of rotatable bonds is 6. The molecule has 2 heteroatoms. The average Bonchev–Trinajstić information content (AvgIpc) is 2.76. The molecule has 0 spiro atoms. The molecule has 1 aliphatic rings. The van der Waals surface area contributed by atoms with Gasteiger partial charge in [0.05, 0.1) is 0 Å². The zero-order valence-electron chi connectivity index (χ0n) is 11.8. The van der Waals surface area contributed by atoms with Crippen molar-refractivity contribution >= 4 is 0 Å². The number of hydrogen-bond donors (Lipinski definition) is 1. The maximum absolute atomic E-state index is 5.99. The molecule has 2 rings (SSSR count). The molecular weight excluding hydrogens is 222 g/mol. The lowest BCUT2D eigenvalue weighted by Crippen LogP contribution is -2.24. The Hall–Kier alpha value is -1.02.